The number of fused-ring (bicyclic) bond motifs is 10. The number of rotatable bonds is 5. The van der Waals surface area contributed by atoms with Crippen LogP contribution in [0.5, 0.6) is 0 Å². The van der Waals surface area contributed by atoms with Gasteiger partial charge in [0.1, 0.15) is 0 Å². The molecule has 8 aromatic carbocycles. The normalized spacial score (nSPS) is 12.7. The topological polar surface area (TPSA) is 43.0 Å². The van der Waals surface area contributed by atoms with Crippen molar-refractivity contribution in [3.63, 3.8) is 0 Å². The average Bonchev–Trinajstić information content (AvgIpc) is 3.76. The van der Waals surface area contributed by atoms with Gasteiger partial charge in [-0.25, -0.2) is 19.8 Å². The highest BCUT2D eigenvalue weighted by molar-refractivity contribution is 5.96. The van der Waals surface area contributed by atoms with Crippen molar-refractivity contribution in [2.45, 2.75) is 5.41 Å². The minimum Gasteiger partial charge on any atom is -0.238 e. The summed E-state index contributed by atoms with van der Waals surface area (Å²) in [5.74, 6) is 1.88. The summed E-state index contributed by atoms with van der Waals surface area (Å²) in [6.45, 7) is 7.91. The van der Waals surface area contributed by atoms with Crippen LogP contribution in [0.1, 0.15) is 22.3 Å². The monoisotopic (exact) mass is 724 g/mol. The molecule has 1 aromatic heterocycles. The molecular formula is C53H32N4. The van der Waals surface area contributed by atoms with Crippen LogP contribution in [0.4, 0.5) is 5.69 Å². The number of hydrogen-bond donors (Lipinski definition) is 0. The van der Waals surface area contributed by atoms with E-state index < -0.39 is 5.41 Å². The SMILES string of the molecule is [C-]#[N+]c1ccc2c(c1)C1(c3ccccc3-c3ccccc31)c1ccc(-c3ccc(-c4nc(-c5ccccc5)nc(-c5cccc(-c6ccccc6)c5)n4)cc3)cc1-2. The molecule has 9 aromatic rings. The fourth-order valence-corrected chi connectivity index (χ4v) is 9.01. The molecule has 0 radical (unpaired) electrons. The molecule has 0 atom stereocenters. The summed E-state index contributed by atoms with van der Waals surface area (Å²) < 4.78 is 0. The van der Waals surface area contributed by atoms with Crippen molar-refractivity contribution in [1.82, 2.24) is 15.0 Å². The van der Waals surface area contributed by atoms with E-state index in [1.54, 1.807) is 0 Å². The third-order valence-corrected chi connectivity index (χ3v) is 11.6. The minimum absolute atomic E-state index is 0.492. The first-order valence-electron chi connectivity index (χ1n) is 19.1. The zero-order valence-corrected chi connectivity index (χ0v) is 30.8. The van der Waals surface area contributed by atoms with E-state index in [1.807, 2.05) is 42.5 Å². The van der Waals surface area contributed by atoms with Crippen LogP contribution >= 0.6 is 0 Å². The van der Waals surface area contributed by atoms with E-state index in [1.165, 1.54) is 44.5 Å². The maximum absolute atomic E-state index is 7.91. The Balaban J connectivity index is 1.01. The molecule has 0 aliphatic heterocycles. The summed E-state index contributed by atoms with van der Waals surface area (Å²) in [6, 6.07) is 68.0. The Morgan fingerprint density at radius 1 is 0.316 bits per heavy atom. The van der Waals surface area contributed by atoms with Gasteiger partial charge >= 0.3 is 0 Å². The summed E-state index contributed by atoms with van der Waals surface area (Å²) >= 11 is 0. The van der Waals surface area contributed by atoms with Crippen molar-refractivity contribution in [2.24, 2.45) is 0 Å². The third-order valence-electron chi connectivity index (χ3n) is 11.6. The maximum atomic E-state index is 7.91. The third kappa shape index (κ3) is 5.10. The lowest BCUT2D eigenvalue weighted by Crippen LogP contribution is -2.25. The zero-order chi connectivity index (χ0) is 37.9. The molecule has 0 amide bonds. The maximum Gasteiger partial charge on any atom is 0.187 e. The lowest BCUT2D eigenvalue weighted by molar-refractivity contribution is 0.794. The summed E-state index contributed by atoms with van der Waals surface area (Å²) in [5, 5.41) is 0. The van der Waals surface area contributed by atoms with Gasteiger partial charge in [0.25, 0.3) is 0 Å². The second-order valence-corrected chi connectivity index (χ2v) is 14.6. The molecule has 0 bridgehead atoms. The van der Waals surface area contributed by atoms with E-state index in [-0.39, 0.29) is 0 Å². The predicted octanol–water partition coefficient (Wildman–Crippen LogP) is 13.1. The first-order chi connectivity index (χ1) is 28.2. The molecular weight excluding hydrogens is 693 g/mol. The van der Waals surface area contributed by atoms with Gasteiger partial charge in [-0.05, 0) is 78.9 Å². The number of hydrogen-bond acceptors (Lipinski definition) is 3. The van der Waals surface area contributed by atoms with Crippen molar-refractivity contribution in [1.29, 1.82) is 0 Å². The molecule has 0 saturated carbocycles. The first kappa shape index (κ1) is 32.7. The smallest absolute Gasteiger partial charge is 0.187 e. The number of nitrogens with zero attached hydrogens (tertiary/aromatic N) is 4. The van der Waals surface area contributed by atoms with Crippen molar-refractivity contribution in [2.75, 3.05) is 0 Å². The molecule has 2 aliphatic carbocycles. The Kier molecular flexibility index (Phi) is 7.42. The van der Waals surface area contributed by atoms with Crippen LogP contribution < -0.4 is 0 Å². The molecule has 4 heteroatoms. The highest BCUT2D eigenvalue weighted by Gasteiger charge is 2.51. The lowest BCUT2D eigenvalue weighted by Gasteiger charge is -2.30. The Morgan fingerprint density at radius 2 is 0.772 bits per heavy atom. The van der Waals surface area contributed by atoms with Gasteiger partial charge in [0.05, 0.1) is 12.0 Å². The van der Waals surface area contributed by atoms with Gasteiger partial charge in [-0.2, -0.15) is 0 Å². The molecule has 0 unspecified atom stereocenters. The highest BCUT2D eigenvalue weighted by Crippen LogP contribution is 2.63. The van der Waals surface area contributed by atoms with Crippen molar-refractivity contribution in [3.8, 4) is 78.7 Å². The molecule has 1 spiro atoms. The van der Waals surface area contributed by atoms with Gasteiger partial charge < -0.3 is 0 Å². The Bertz CT molecular complexity index is 3030. The average molecular weight is 725 g/mol. The van der Waals surface area contributed by atoms with E-state index in [2.05, 4.69) is 157 Å². The molecule has 264 valence electrons. The van der Waals surface area contributed by atoms with Crippen molar-refractivity contribution in [3.05, 3.63) is 228 Å². The summed E-state index contributed by atoms with van der Waals surface area (Å²) in [6.07, 6.45) is 0. The predicted molar refractivity (Wildman–Crippen MR) is 230 cm³/mol. The highest BCUT2D eigenvalue weighted by atomic mass is 15.0. The van der Waals surface area contributed by atoms with Crippen LogP contribution in [0, 0.1) is 6.57 Å². The van der Waals surface area contributed by atoms with Crippen molar-refractivity contribution < 1.29 is 0 Å². The molecule has 1 heterocycles. The number of benzene rings is 8. The Labute approximate surface area is 331 Å². The molecule has 2 aliphatic rings. The Hall–Kier alpha value is -7.74. The van der Waals surface area contributed by atoms with E-state index in [0.717, 1.165) is 38.9 Å². The Morgan fingerprint density at radius 3 is 1.44 bits per heavy atom. The fraction of sp³-hybridized carbons (Fsp3) is 0.0189. The van der Waals surface area contributed by atoms with Crippen LogP contribution in [0.3, 0.4) is 0 Å². The summed E-state index contributed by atoms with van der Waals surface area (Å²) in [5.41, 5.74) is 17.2. The van der Waals surface area contributed by atoms with E-state index in [4.69, 9.17) is 21.5 Å². The van der Waals surface area contributed by atoms with Gasteiger partial charge in [0.2, 0.25) is 0 Å². The number of aromatic nitrogens is 3. The van der Waals surface area contributed by atoms with Gasteiger partial charge in [-0.15, -0.1) is 0 Å². The summed E-state index contributed by atoms with van der Waals surface area (Å²) in [7, 11) is 0. The summed E-state index contributed by atoms with van der Waals surface area (Å²) in [4.78, 5) is 18.9. The minimum atomic E-state index is -0.492. The zero-order valence-electron chi connectivity index (χ0n) is 30.8. The second kappa shape index (κ2) is 12.9. The lowest BCUT2D eigenvalue weighted by atomic mass is 9.70. The van der Waals surface area contributed by atoms with Gasteiger partial charge in [-0.3, -0.25) is 0 Å². The van der Waals surface area contributed by atoms with E-state index in [9.17, 15) is 0 Å². The molecule has 11 rings (SSSR count). The second-order valence-electron chi connectivity index (χ2n) is 14.6. The molecule has 0 fully saturated rings. The van der Waals surface area contributed by atoms with Crippen LogP contribution in [0.15, 0.2) is 194 Å². The van der Waals surface area contributed by atoms with Crippen LogP contribution in [-0.2, 0) is 5.41 Å². The van der Waals surface area contributed by atoms with Gasteiger partial charge in [-0.1, -0.05) is 182 Å². The van der Waals surface area contributed by atoms with Crippen LogP contribution in [0.25, 0.3) is 83.5 Å². The van der Waals surface area contributed by atoms with Crippen molar-refractivity contribution >= 4 is 5.69 Å². The standard InChI is InChI=1S/C53H32N4/c1-54-41-28-29-44-45-32-39(27-30-48(45)53(49(44)33-41)46-21-10-8-19-42(46)43-20-9-11-22-47(43)53)35-23-25-37(26-24-35)51-55-50(36-15-6-3-7-16-36)56-52(57-51)40-18-12-17-38(31-40)34-13-4-2-5-14-34/h2-33H. The molecule has 0 saturated heterocycles. The molecule has 57 heavy (non-hydrogen) atoms. The first-order valence-corrected chi connectivity index (χ1v) is 19.1. The van der Waals surface area contributed by atoms with Crippen LogP contribution in [0.2, 0.25) is 0 Å². The molecule has 0 N–H and O–H groups in total. The quantitative estimate of drug-likeness (QED) is 0.166. The van der Waals surface area contributed by atoms with Gasteiger partial charge in [0, 0.05) is 16.7 Å². The fourth-order valence-electron chi connectivity index (χ4n) is 9.01. The largest absolute Gasteiger partial charge is 0.238 e. The van der Waals surface area contributed by atoms with Crippen LogP contribution in [-0.4, -0.2) is 15.0 Å². The van der Waals surface area contributed by atoms with E-state index >= 15 is 0 Å². The van der Waals surface area contributed by atoms with E-state index in [0.29, 0.717) is 23.2 Å². The molecule has 4 nitrogen and oxygen atoms in total. The van der Waals surface area contributed by atoms with Gasteiger partial charge in [0.15, 0.2) is 23.2 Å².